The molecule has 0 fully saturated rings. The molecule has 0 aromatic heterocycles. The van der Waals surface area contributed by atoms with Crippen LogP contribution in [0.4, 0.5) is 0 Å². The maximum atomic E-state index is 9.87. The average molecular weight is 151 g/mol. The molecule has 0 radical (unpaired) electrons. The molecule has 0 saturated carbocycles. The van der Waals surface area contributed by atoms with Crippen molar-refractivity contribution in [2.75, 3.05) is 13.3 Å². The molecule has 9 heavy (non-hydrogen) atoms. The Hall–Kier alpha value is -0.380. The van der Waals surface area contributed by atoms with E-state index in [1.807, 2.05) is 0 Å². The Morgan fingerprint density at radius 3 is 2.22 bits per heavy atom. The predicted octanol–water partition coefficient (Wildman–Crippen LogP) is -2.05. The molecule has 5 nitrogen and oxygen atoms in total. The van der Waals surface area contributed by atoms with Crippen molar-refractivity contribution in [2.45, 2.75) is 0 Å². The molecule has 0 aromatic carbocycles. The van der Waals surface area contributed by atoms with E-state index in [-0.39, 0.29) is 6.41 Å². The van der Waals surface area contributed by atoms with Crippen LogP contribution in [0.1, 0.15) is 0 Å². The quantitative estimate of drug-likeness (QED) is 0.343. The first-order chi connectivity index (χ1) is 3.95. The highest BCUT2D eigenvalue weighted by molar-refractivity contribution is 7.48. The summed E-state index contributed by atoms with van der Waals surface area (Å²) in [5.74, 6) is 0. The van der Waals surface area contributed by atoms with Gasteiger partial charge < -0.3 is 19.3 Å². The Kier molecular flexibility index (Phi) is 2.84. The number of carbonyl (C=O) groups excluding carboxylic acids is 1. The monoisotopic (exact) mass is 151 g/mol. The molecule has 0 rings (SSSR count). The van der Waals surface area contributed by atoms with E-state index in [9.17, 15) is 19.1 Å². The van der Waals surface area contributed by atoms with Gasteiger partial charge in [-0.3, -0.25) is 4.79 Å². The summed E-state index contributed by atoms with van der Waals surface area (Å²) >= 11 is 0. The fourth-order valence-electron chi connectivity index (χ4n) is 0.307. The first-order valence-electron chi connectivity index (χ1n) is 2.12. The molecule has 0 atom stereocenters. The third kappa shape index (κ3) is 5.49. The molecular weight excluding hydrogens is 145 g/mol. The van der Waals surface area contributed by atoms with E-state index >= 15 is 0 Å². The van der Waals surface area contributed by atoms with Crippen LogP contribution >= 0.6 is 7.60 Å². The van der Waals surface area contributed by atoms with Gasteiger partial charge in [0.2, 0.25) is 6.41 Å². The highest BCUT2D eigenvalue weighted by Crippen LogP contribution is 2.22. The van der Waals surface area contributed by atoms with Crippen molar-refractivity contribution in [3.8, 4) is 0 Å². The maximum absolute atomic E-state index is 9.87. The molecule has 0 aliphatic heterocycles. The number of nitrogens with zero attached hydrogens (tertiary/aromatic N) is 1. The standard InChI is InChI=1S/C3H8NO4P/c1-4(2-5)3-9(6,7)8/h2H,3H2,1H3,(H2,6,7,8)/p-2. The van der Waals surface area contributed by atoms with Crippen LogP contribution in [-0.4, -0.2) is 24.6 Å². The summed E-state index contributed by atoms with van der Waals surface area (Å²) < 4.78 is 9.87. The smallest absolute Gasteiger partial charge is 0.209 e. The van der Waals surface area contributed by atoms with Gasteiger partial charge in [0.25, 0.3) is 0 Å². The summed E-state index contributed by atoms with van der Waals surface area (Å²) in [5.41, 5.74) is 0. The summed E-state index contributed by atoms with van der Waals surface area (Å²) in [5, 5.41) is 0. The van der Waals surface area contributed by atoms with Gasteiger partial charge in [0.05, 0.1) is 0 Å². The highest BCUT2D eigenvalue weighted by atomic mass is 31.2. The molecule has 0 N–H and O–H groups in total. The van der Waals surface area contributed by atoms with E-state index in [0.29, 0.717) is 0 Å². The van der Waals surface area contributed by atoms with Gasteiger partial charge in [-0.05, 0) is 7.60 Å². The van der Waals surface area contributed by atoms with Gasteiger partial charge >= 0.3 is 0 Å². The molecule has 6 heteroatoms. The summed E-state index contributed by atoms with van der Waals surface area (Å²) in [6.07, 6.45) is -0.459. The van der Waals surface area contributed by atoms with Crippen LogP contribution in [-0.2, 0) is 9.36 Å². The average Bonchev–Trinajstić information content (AvgIpc) is 1.62. The van der Waals surface area contributed by atoms with E-state index in [2.05, 4.69) is 0 Å². The molecule has 0 aliphatic carbocycles. The Morgan fingerprint density at radius 1 is 1.67 bits per heavy atom. The molecule has 0 aromatic rings. The summed E-state index contributed by atoms with van der Waals surface area (Å²) in [6.45, 7) is 0. The molecule has 0 saturated heterocycles. The molecule has 54 valence electrons. The number of hydrogen-bond donors (Lipinski definition) is 0. The number of amides is 1. The minimum absolute atomic E-state index is 0.280. The van der Waals surface area contributed by atoms with Crippen molar-refractivity contribution < 1.29 is 19.1 Å². The lowest BCUT2D eigenvalue weighted by atomic mass is 11.0. The van der Waals surface area contributed by atoms with Crippen molar-refractivity contribution in [1.29, 1.82) is 0 Å². The SMILES string of the molecule is CN(C=O)CP(=O)([O-])[O-]. The Bertz CT molecular complexity index is 141. The normalized spacial score (nSPS) is 11.0. The Balaban J connectivity index is 3.74. The first kappa shape index (κ1) is 8.62. The van der Waals surface area contributed by atoms with E-state index in [1.165, 1.54) is 7.05 Å². The molecule has 0 heterocycles. The van der Waals surface area contributed by atoms with Crippen LogP contribution in [0.2, 0.25) is 0 Å². The van der Waals surface area contributed by atoms with Crippen LogP contribution in [0.3, 0.4) is 0 Å². The third-order valence-corrected chi connectivity index (χ3v) is 1.37. The van der Waals surface area contributed by atoms with E-state index in [0.717, 1.165) is 4.90 Å². The lowest BCUT2D eigenvalue weighted by molar-refractivity contribution is -0.315. The second kappa shape index (κ2) is 2.96. The second-order valence-electron chi connectivity index (χ2n) is 1.61. The summed E-state index contributed by atoms with van der Waals surface area (Å²) in [6, 6.07) is 0. The van der Waals surface area contributed by atoms with Crippen molar-refractivity contribution in [2.24, 2.45) is 0 Å². The van der Waals surface area contributed by atoms with Crippen LogP contribution in [0.15, 0.2) is 0 Å². The Labute approximate surface area is 52.4 Å². The van der Waals surface area contributed by atoms with Gasteiger partial charge in [-0.1, -0.05) is 0 Å². The van der Waals surface area contributed by atoms with Crippen LogP contribution in [0.25, 0.3) is 0 Å². The van der Waals surface area contributed by atoms with Gasteiger partial charge in [0.1, 0.15) is 0 Å². The molecule has 0 spiro atoms. The topological polar surface area (TPSA) is 83.5 Å². The number of hydrogen-bond acceptors (Lipinski definition) is 4. The summed E-state index contributed by atoms with van der Waals surface area (Å²) in [7, 11) is -3.33. The Morgan fingerprint density at radius 2 is 2.11 bits per heavy atom. The molecular formula is C3H6NO4P-2. The molecule has 0 unspecified atom stereocenters. The van der Waals surface area contributed by atoms with Crippen LogP contribution < -0.4 is 9.79 Å². The zero-order chi connectivity index (χ0) is 7.49. The first-order valence-corrected chi connectivity index (χ1v) is 3.85. The predicted molar refractivity (Wildman–Crippen MR) is 26.3 cm³/mol. The third-order valence-electron chi connectivity index (χ3n) is 0.576. The lowest BCUT2D eigenvalue weighted by Gasteiger charge is -2.31. The fraction of sp³-hybridized carbons (Fsp3) is 0.667. The highest BCUT2D eigenvalue weighted by Gasteiger charge is 1.94. The molecule has 0 bridgehead atoms. The van der Waals surface area contributed by atoms with Crippen molar-refractivity contribution in [3.05, 3.63) is 0 Å². The largest absolute Gasteiger partial charge is 0.810 e. The number of carbonyl (C=O) groups is 1. The maximum Gasteiger partial charge on any atom is 0.209 e. The molecule has 0 aliphatic rings. The summed E-state index contributed by atoms with van der Waals surface area (Å²) in [4.78, 5) is 30.2. The lowest BCUT2D eigenvalue weighted by Crippen LogP contribution is -2.27. The van der Waals surface area contributed by atoms with E-state index in [4.69, 9.17) is 0 Å². The fourth-order valence-corrected chi connectivity index (χ4v) is 0.920. The van der Waals surface area contributed by atoms with Gasteiger partial charge in [-0.2, -0.15) is 0 Å². The van der Waals surface area contributed by atoms with Gasteiger partial charge in [-0.15, -0.1) is 0 Å². The second-order valence-corrected chi connectivity index (χ2v) is 3.12. The van der Waals surface area contributed by atoms with Crippen molar-refractivity contribution in [1.82, 2.24) is 4.90 Å². The number of rotatable bonds is 3. The van der Waals surface area contributed by atoms with Crippen LogP contribution in [0, 0.1) is 0 Å². The van der Waals surface area contributed by atoms with Crippen molar-refractivity contribution in [3.63, 3.8) is 0 Å². The van der Waals surface area contributed by atoms with Crippen molar-refractivity contribution >= 4 is 14.0 Å². The zero-order valence-corrected chi connectivity index (χ0v) is 5.71. The van der Waals surface area contributed by atoms with Gasteiger partial charge in [0.15, 0.2) is 0 Å². The minimum atomic E-state index is -4.54. The van der Waals surface area contributed by atoms with Gasteiger partial charge in [-0.25, -0.2) is 0 Å². The zero-order valence-electron chi connectivity index (χ0n) is 4.81. The molecule has 1 amide bonds. The van der Waals surface area contributed by atoms with E-state index < -0.39 is 13.9 Å². The minimum Gasteiger partial charge on any atom is -0.810 e. The van der Waals surface area contributed by atoms with E-state index in [1.54, 1.807) is 0 Å². The van der Waals surface area contributed by atoms with Crippen LogP contribution in [0.5, 0.6) is 0 Å². The van der Waals surface area contributed by atoms with Gasteiger partial charge in [0, 0.05) is 13.3 Å².